The second kappa shape index (κ2) is 8.71. The molecule has 106 valence electrons. The summed E-state index contributed by atoms with van der Waals surface area (Å²) in [5.74, 6) is -0.498. The van der Waals surface area contributed by atoms with Gasteiger partial charge in [0.15, 0.2) is 10.4 Å². The molecule has 0 saturated heterocycles. The molecular weight excluding hydrogens is 316 g/mol. The lowest BCUT2D eigenvalue weighted by Crippen LogP contribution is -2.37. The number of ether oxygens (including phenoxy) is 1. The molecule has 0 spiro atoms. The molecule has 19 heavy (non-hydrogen) atoms. The van der Waals surface area contributed by atoms with Crippen molar-refractivity contribution in [1.82, 2.24) is 10.6 Å². The van der Waals surface area contributed by atoms with Crippen LogP contribution in [0.3, 0.4) is 0 Å². The lowest BCUT2D eigenvalue weighted by atomic mass is 10.4. The summed E-state index contributed by atoms with van der Waals surface area (Å²) in [7, 11) is 0. The number of hydrogen-bond acceptors (Lipinski definition) is 4. The van der Waals surface area contributed by atoms with Crippen LogP contribution in [0.4, 0.5) is 0 Å². The zero-order chi connectivity index (χ0) is 14.1. The standard InChI is InChI=1S/C12H17BrN2O4/c1-2-18-7-3-6-14-11(16)8-15-12(17)9-4-5-10(13)19-9/h4-5H,2-3,6-8H2,1H3,(H,14,16)(H,15,17). The van der Waals surface area contributed by atoms with Crippen molar-refractivity contribution in [1.29, 1.82) is 0 Å². The second-order valence-corrected chi connectivity index (χ2v) is 4.47. The van der Waals surface area contributed by atoms with Crippen LogP contribution in [0.5, 0.6) is 0 Å². The van der Waals surface area contributed by atoms with Crippen LogP contribution in [0.15, 0.2) is 21.2 Å². The van der Waals surface area contributed by atoms with Crippen molar-refractivity contribution < 1.29 is 18.7 Å². The van der Waals surface area contributed by atoms with Crippen LogP contribution >= 0.6 is 15.9 Å². The number of halogens is 1. The highest BCUT2D eigenvalue weighted by atomic mass is 79.9. The van der Waals surface area contributed by atoms with Gasteiger partial charge in [0.05, 0.1) is 6.54 Å². The first kappa shape index (κ1) is 15.7. The number of rotatable bonds is 8. The van der Waals surface area contributed by atoms with E-state index in [4.69, 9.17) is 9.15 Å². The van der Waals surface area contributed by atoms with E-state index in [0.29, 0.717) is 24.4 Å². The summed E-state index contributed by atoms with van der Waals surface area (Å²) in [6, 6.07) is 3.14. The predicted molar refractivity (Wildman–Crippen MR) is 72.9 cm³/mol. The van der Waals surface area contributed by atoms with Gasteiger partial charge in [-0.15, -0.1) is 0 Å². The van der Waals surface area contributed by atoms with E-state index >= 15 is 0 Å². The molecule has 0 fully saturated rings. The fraction of sp³-hybridized carbons (Fsp3) is 0.500. The van der Waals surface area contributed by atoms with Crippen molar-refractivity contribution in [3.05, 3.63) is 22.6 Å². The number of carbonyl (C=O) groups excluding carboxylic acids is 2. The van der Waals surface area contributed by atoms with Gasteiger partial charge in [-0.2, -0.15) is 0 Å². The van der Waals surface area contributed by atoms with Gasteiger partial charge in [-0.3, -0.25) is 9.59 Å². The Kier molecular flexibility index (Phi) is 7.20. The number of furan rings is 1. The summed E-state index contributed by atoms with van der Waals surface area (Å²) in [4.78, 5) is 23.0. The fourth-order valence-electron chi connectivity index (χ4n) is 1.29. The normalized spacial score (nSPS) is 10.2. The average Bonchev–Trinajstić information content (AvgIpc) is 2.82. The van der Waals surface area contributed by atoms with Crippen LogP contribution in [0, 0.1) is 0 Å². The molecule has 0 bridgehead atoms. The Morgan fingerprint density at radius 3 is 2.79 bits per heavy atom. The van der Waals surface area contributed by atoms with Crippen LogP contribution < -0.4 is 10.6 Å². The minimum atomic E-state index is -0.421. The maximum absolute atomic E-state index is 11.6. The van der Waals surface area contributed by atoms with E-state index < -0.39 is 5.91 Å². The SMILES string of the molecule is CCOCCCNC(=O)CNC(=O)c1ccc(Br)o1. The van der Waals surface area contributed by atoms with Crippen molar-refractivity contribution in [3.63, 3.8) is 0 Å². The van der Waals surface area contributed by atoms with E-state index in [1.807, 2.05) is 6.92 Å². The van der Waals surface area contributed by atoms with Gasteiger partial charge in [0, 0.05) is 19.8 Å². The first-order valence-corrected chi connectivity index (χ1v) is 6.80. The van der Waals surface area contributed by atoms with E-state index in [9.17, 15) is 9.59 Å². The number of carbonyl (C=O) groups is 2. The molecule has 0 aliphatic carbocycles. The molecule has 0 radical (unpaired) electrons. The van der Waals surface area contributed by atoms with Crippen LogP contribution in [-0.4, -0.2) is 38.1 Å². The Morgan fingerprint density at radius 2 is 2.16 bits per heavy atom. The van der Waals surface area contributed by atoms with Gasteiger partial charge in [-0.25, -0.2) is 0 Å². The summed E-state index contributed by atoms with van der Waals surface area (Å²) in [6.45, 7) is 3.65. The Morgan fingerprint density at radius 1 is 1.37 bits per heavy atom. The van der Waals surface area contributed by atoms with Gasteiger partial charge < -0.3 is 19.8 Å². The van der Waals surface area contributed by atoms with Crippen LogP contribution in [0.25, 0.3) is 0 Å². The van der Waals surface area contributed by atoms with Crippen molar-refractivity contribution in [2.75, 3.05) is 26.3 Å². The zero-order valence-electron chi connectivity index (χ0n) is 10.7. The summed E-state index contributed by atoms with van der Waals surface area (Å²) in [5, 5.41) is 5.15. The number of hydrogen-bond donors (Lipinski definition) is 2. The van der Waals surface area contributed by atoms with Crippen molar-refractivity contribution >= 4 is 27.7 Å². The zero-order valence-corrected chi connectivity index (χ0v) is 12.3. The number of amides is 2. The van der Waals surface area contributed by atoms with Gasteiger partial charge in [0.2, 0.25) is 5.91 Å². The van der Waals surface area contributed by atoms with E-state index in [2.05, 4.69) is 26.6 Å². The lowest BCUT2D eigenvalue weighted by molar-refractivity contribution is -0.120. The molecule has 2 amide bonds. The largest absolute Gasteiger partial charge is 0.444 e. The Labute approximate surface area is 120 Å². The van der Waals surface area contributed by atoms with Gasteiger partial charge in [-0.1, -0.05) is 0 Å². The quantitative estimate of drug-likeness (QED) is 0.703. The summed E-state index contributed by atoms with van der Waals surface area (Å²) in [5.41, 5.74) is 0. The molecule has 7 heteroatoms. The topological polar surface area (TPSA) is 80.6 Å². The molecule has 2 N–H and O–H groups in total. The van der Waals surface area contributed by atoms with Gasteiger partial charge in [-0.05, 0) is 41.4 Å². The first-order chi connectivity index (χ1) is 9.13. The summed E-state index contributed by atoms with van der Waals surface area (Å²) >= 11 is 3.10. The third-order valence-electron chi connectivity index (χ3n) is 2.20. The predicted octanol–water partition coefficient (Wildman–Crippen LogP) is 1.31. The number of nitrogens with one attached hydrogen (secondary N) is 2. The molecule has 0 aliphatic heterocycles. The molecule has 0 unspecified atom stereocenters. The third-order valence-corrected chi connectivity index (χ3v) is 2.62. The maximum Gasteiger partial charge on any atom is 0.287 e. The van der Waals surface area contributed by atoms with E-state index in [0.717, 1.165) is 6.42 Å². The molecule has 1 rings (SSSR count). The molecule has 0 aromatic carbocycles. The minimum absolute atomic E-state index is 0.0776. The summed E-state index contributed by atoms with van der Waals surface area (Å²) < 4.78 is 10.7. The van der Waals surface area contributed by atoms with E-state index in [1.165, 1.54) is 6.07 Å². The van der Waals surface area contributed by atoms with E-state index in [1.54, 1.807) is 6.07 Å². The first-order valence-electron chi connectivity index (χ1n) is 6.01. The molecule has 6 nitrogen and oxygen atoms in total. The summed E-state index contributed by atoms with van der Waals surface area (Å²) in [6.07, 6.45) is 0.749. The Hall–Kier alpha value is -1.34. The monoisotopic (exact) mass is 332 g/mol. The lowest BCUT2D eigenvalue weighted by Gasteiger charge is -2.06. The molecule has 0 atom stereocenters. The maximum atomic E-state index is 11.6. The molecular formula is C12H17BrN2O4. The average molecular weight is 333 g/mol. The van der Waals surface area contributed by atoms with Crippen LogP contribution in [0.2, 0.25) is 0 Å². The molecule has 0 saturated carbocycles. The third kappa shape index (κ3) is 6.40. The minimum Gasteiger partial charge on any atom is -0.444 e. The highest BCUT2D eigenvalue weighted by Gasteiger charge is 2.11. The molecule has 1 aromatic rings. The van der Waals surface area contributed by atoms with Gasteiger partial charge in [0.1, 0.15) is 0 Å². The molecule has 0 aliphatic rings. The second-order valence-electron chi connectivity index (χ2n) is 3.69. The highest BCUT2D eigenvalue weighted by Crippen LogP contribution is 2.13. The highest BCUT2D eigenvalue weighted by molar-refractivity contribution is 9.10. The van der Waals surface area contributed by atoms with Gasteiger partial charge in [0.25, 0.3) is 5.91 Å². The Balaban J connectivity index is 2.14. The smallest absolute Gasteiger partial charge is 0.287 e. The fourth-order valence-corrected chi connectivity index (χ4v) is 1.60. The van der Waals surface area contributed by atoms with E-state index in [-0.39, 0.29) is 18.2 Å². The van der Waals surface area contributed by atoms with Crippen LogP contribution in [0.1, 0.15) is 23.9 Å². The van der Waals surface area contributed by atoms with Gasteiger partial charge >= 0.3 is 0 Å². The van der Waals surface area contributed by atoms with Crippen molar-refractivity contribution in [3.8, 4) is 0 Å². The molecule has 1 aromatic heterocycles. The van der Waals surface area contributed by atoms with Crippen molar-refractivity contribution in [2.24, 2.45) is 0 Å². The van der Waals surface area contributed by atoms with Crippen LogP contribution in [-0.2, 0) is 9.53 Å². The molecule has 1 heterocycles. The van der Waals surface area contributed by atoms with Crippen molar-refractivity contribution in [2.45, 2.75) is 13.3 Å². The Bertz CT molecular complexity index is 420.